The van der Waals surface area contributed by atoms with E-state index in [0.717, 1.165) is 12.8 Å². The van der Waals surface area contributed by atoms with Crippen molar-refractivity contribution < 1.29 is 9.90 Å². The molecule has 3 aliphatic carbocycles. The van der Waals surface area contributed by atoms with Crippen LogP contribution in [0.4, 0.5) is 0 Å². The highest BCUT2D eigenvalue weighted by molar-refractivity contribution is 5.90. The summed E-state index contributed by atoms with van der Waals surface area (Å²) in [6.45, 7) is 0. The number of benzene rings is 1. The highest BCUT2D eigenvalue weighted by atomic mass is 16.3. The fourth-order valence-corrected chi connectivity index (χ4v) is 3.25. The number of carbonyl (C=O) groups is 1. The van der Waals surface area contributed by atoms with Crippen molar-refractivity contribution in [3.05, 3.63) is 35.9 Å². The zero-order valence-corrected chi connectivity index (χ0v) is 9.28. The highest BCUT2D eigenvalue weighted by Gasteiger charge is 2.53. The number of fused-ring (bicyclic) bond motifs is 3. The molecule has 84 valence electrons. The Labute approximate surface area is 95.3 Å². The Morgan fingerprint density at radius 1 is 1.00 bits per heavy atom. The molecule has 1 aromatic rings. The summed E-state index contributed by atoms with van der Waals surface area (Å²) < 4.78 is 0. The first-order valence-corrected chi connectivity index (χ1v) is 5.96. The Kier molecular flexibility index (Phi) is 1.99. The van der Waals surface area contributed by atoms with Gasteiger partial charge in [0, 0.05) is 11.8 Å². The third-order valence-corrected chi connectivity index (χ3v) is 4.44. The zero-order chi connectivity index (χ0) is 11.2. The van der Waals surface area contributed by atoms with Crippen molar-refractivity contribution in [2.24, 2.45) is 0 Å². The molecule has 0 atom stereocenters. The first-order valence-electron chi connectivity index (χ1n) is 5.96. The van der Waals surface area contributed by atoms with E-state index >= 15 is 0 Å². The van der Waals surface area contributed by atoms with Crippen LogP contribution in [0.5, 0.6) is 0 Å². The van der Waals surface area contributed by atoms with Gasteiger partial charge in [-0.15, -0.1) is 0 Å². The van der Waals surface area contributed by atoms with Crippen LogP contribution in [-0.2, 0) is 10.2 Å². The van der Waals surface area contributed by atoms with E-state index in [-0.39, 0.29) is 11.2 Å². The minimum atomic E-state index is -0.990. The molecule has 0 amide bonds. The summed E-state index contributed by atoms with van der Waals surface area (Å²) >= 11 is 0. The van der Waals surface area contributed by atoms with E-state index in [1.165, 1.54) is 5.56 Å². The Morgan fingerprint density at radius 2 is 1.62 bits per heavy atom. The fourth-order valence-electron chi connectivity index (χ4n) is 3.25. The van der Waals surface area contributed by atoms with Crippen LogP contribution in [0.25, 0.3) is 0 Å². The lowest BCUT2D eigenvalue weighted by atomic mass is 9.56. The van der Waals surface area contributed by atoms with Gasteiger partial charge in [0.25, 0.3) is 0 Å². The molecule has 4 rings (SSSR count). The van der Waals surface area contributed by atoms with E-state index in [1.54, 1.807) is 0 Å². The predicted molar refractivity (Wildman–Crippen MR) is 61.2 cm³/mol. The van der Waals surface area contributed by atoms with Crippen molar-refractivity contribution in [2.45, 2.75) is 43.1 Å². The number of rotatable bonds is 1. The van der Waals surface area contributed by atoms with Gasteiger partial charge < -0.3 is 5.11 Å². The molecule has 3 aliphatic rings. The average Bonchev–Trinajstić information content (AvgIpc) is 2.33. The summed E-state index contributed by atoms with van der Waals surface area (Å²) in [5, 5.41) is 10.1. The monoisotopic (exact) mass is 216 g/mol. The molecule has 1 N–H and O–H groups in total. The lowest BCUT2D eigenvalue weighted by Crippen LogP contribution is -2.54. The van der Waals surface area contributed by atoms with Crippen molar-refractivity contribution in [3.8, 4) is 0 Å². The maximum atomic E-state index is 11.9. The predicted octanol–water partition coefficient (Wildman–Crippen LogP) is 2.20. The SMILES string of the molecule is O=C1CC2(c3ccccc3)CCC1(O)CC2. The minimum Gasteiger partial charge on any atom is -0.382 e. The largest absolute Gasteiger partial charge is 0.382 e. The molecule has 0 radical (unpaired) electrons. The fraction of sp³-hybridized carbons (Fsp3) is 0.500. The summed E-state index contributed by atoms with van der Waals surface area (Å²) in [7, 11) is 0. The standard InChI is InChI=1S/C14H16O2/c15-12-10-13(11-4-2-1-3-5-11)6-8-14(12,16)9-7-13/h1-5,16H,6-10H2. The number of hydrogen-bond acceptors (Lipinski definition) is 2. The molecule has 3 fully saturated rings. The summed E-state index contributed by atoms with van der Waals surface area (Å²) in [4.78, 5) is 11.9. The summed E-state index contributed by atoms with van der Waals surface area (Å²) in [6.07, 6.45) is 3.69. The van der Waals surface area contributed by atoms with Crippen LogP contribution in [0.1, 0.15) is 37.7 Å². The summed E-state index contributed by atoms with van der Waals surface area (Å²) in [6, 6.07) is 10.3. The quantitative estimate of drug-likeness (QED) is 0.781. The number of aliphatic hydroxyl groups is 1. The molecule has 0 saturated heterocycles. The van der Waals surface area contributed by atoms with Crippen LogP contribution in [0.15, 0.2) is 30.3 Å². The van der Waals surface area contributed by atoms with E-state index in [2.05, 4.69) is 12.1 Å². The first-order chi connectivity index (χ1) is 7.65. The van der Waals surface area contributed by atoms with Crippen molar-refractivity contribution in [2.75, 3.05) is 0 Å². The second kappa shape index (κ2) is 3.17. The van der Waals surface area contributed by atoms with E-state index in [4.69, 9.17) is 0 Å². The number of ketones is 1. The van der Waals surface area contributed by atoms with Gasteiger partial charge >= 0.3 is 0 Å². The third-order valence-electron chi connectivity index (χ3n) is 4.44. The van der Waals surface area contributed by atoms with Gasteiger partial charge in [-0.1, -0.05) is 30.3 Å². The smallest absolute Gasteiger partial charge is 0.165 e. The molecular weight excluding hydrogens is 200 g/mol. The Morgan fingerprint density at radius 3 is 2.19 bits per heavy atom. The van der Waals surface area contributed by atoms with Crippen LogP contribution in [-0.4, -0.2) is 16.5 Å². The molecule has 2 nitrogen and oxygen atoms in total. The van der Waals surface area contributed by atoms with Gasteiger partial charge in [0.2, 0.25) is 0 Å². The van der Waals surface area contributed by atoms with E-state index in [0.29, 0.717) is 19.3 Å². The van der Waals surface area contributed by atoms with Crippen LogP contribution in [0, 0.1) is 0 Å². The van der Waals surface area contributed by atoms with Gasteiger partial charge in [0.15, 0.2) is 5.78 Å². The van der Waals surface area contributed by atoms with Gasteiger partial charge in [-0.2, -0.15) is 0 Å². The third kappa shape index (κ3) is 1.26. The van der Waals surface area contributed by atoms with Gasteiger partial charge in [0.1, 0.15) is 5.60 Å². The Balaban J connectivity index is 2.00. The minimum absolute atomic E-state index is 0.0167. The molecule has 0 aromatic heterocycles. The summed E-state index contributed by atoms with van der Waals surface area (Å²) in [5.74, 6) is 0.0499. The molecule has 2 heteroatoms. The van der Waals surface area contributed by atoms with E-state index in [1.807, 2.05) is 18.2 Å². The summed E-state index contributed by atoms with van der Waals surface area (Å²) in [5.41, 5.74) is 0.296. The lowest BCUT2D eigenvalue weighted by molar-refractivity contribution is -0.152. The molecule has 16 heavy (non-hydrogen) atoms. The van der Waals surface area contributed by atoms with Gasteiger partial charge in [-0.05, 0) is 31.2 Å². The van der Waals surface area contributed by atoms with Crippen LogP contribution < -0.4 is 0 Å². The second-order valence-electron chi connectivity index (χ2n) is 5.28. The number of carbonyl (C=O) groups excluding carboxylic acids is 1. The maximum absolute atomic E-state index is 11.9. The van der Waals surface area contributed by atoms with Crippen LogP contribution in [0.3, 0.4) is 0 Å². The lowest BCUT2D eigenvalue weighted by Gasteiger charge is -2.50. The zero-order valence-electron chi connectivity index (χ0n) is 9.28. The maximum Gasteiger partial charge on any atom is 0.165 e. The molecular formula is C14H16O2. The van der Waals surface area contributed by atoms with Gasteiger partial charge in [-0.3, -0.25) is 4.79 Å². The van der Waals surface area contributed by atoms with Crippen molar-refractivity contribution in [1.29, 1.82) is 0 Å². The van der Waals surface area contributed by atoms with Crippen molar-refractivity contribution in [3.63, 3.8) is 0 Å². The average molecular weight is 216 g/mol. The second-order valence-corrected chi connectivity index (χ2v) is 5.28. The topological polar surface area (TPSA) is 37.3 Å². The molecule has 3 saturated carbocycles. The number of hydrogen-bond donors (Lipinski definition) is 1. The van der Waals surface area contributed by atoms with Crippen molar-refractivity contribution >= 4 is 5.78 Å². The molecule has 0 spiro atoms. The van der Waals surface area contributed by atoms with Gasteiger partial charge in [0.05, 0.1) is 0 Å². The van der Waals surface area contributed by atoms with E-state index in [9.17, 15) is 9.90 Å². The number of Topliss-reactive ketones (excluding diaryl/α,β-unsaturated/α-hetero) is 1. The molecule has 0 aliphatic heterocycles. The van der Waals surface area contributed by atoms with Crippen molar-refractivity contribution in [1.82, 2.24) is 0 Å². The van der Waals surface area contributed by atoms with Gasteiger partial charge in [-0.25, -0.2) is 0 Å². The normalized spacial score (nSPS) is 37.7. The molecule has 1 aromatic carbocycles. The molecule has 0 unspecified atom stereocenters. The first kappa shape index (κ1) is 10.0. The van der Waals surface area contributed by atoms with Crippen LogP contribution in [0.2, 0.25) is 0 Å². The molecule has 2 bridgehead atoms. The highest BCUT2D eigenvalue weighted by Crippen LogP contribution is 2.51. The van der Waals surface area contributed by atoms with E-state index < -0.39 is 5.60 Å². The van der Waals surface area contributed by atoms with Crippen LogP contribution >= 0.6 is 0 Å². The Hall–Kier alpha value is -1.15. The molecule has 0 heterocycles. The Bertz CT molecular complexity index is 414.